The first-order valence-corrected chi connectivity index (χ1v) is 6.27. The summed E-state index contributed by atoms with van der Waals surface area (Å²) in [6.07, 6.45) is 4.80. The predicted molar refractivity (Wildman–Crippen MR) is 65.0 cm³/mol. The second-order valence-electron chi connectivity index (χ2n) is 3.37. The van der Waals surface area contributed by atoms with Gasteiger partial charge in [-0.3, -0.25) is 0 Å². The number of thioether (sulfide) groups is 1. The fourth-order valence-corrected chi connectivity index (χ4v) is 1.75. The van der Waals surface area contributed by atoms with Gasteiger partial charge in [0.25, 0.3) is 0 Å². The minimum atomic E-state index is 0.415. The topological polar surface area (TPSA) is 48.7 Å². The van der Waals surface area contributed by atoms with Crippen molar-refractivity contribution in [2.45, 2.75) is 19.4 Å². The third-order valence-electron chi connectivity index (χ3n) is 2.04. The Balaban J connectivity index is 2.47. The summed E-state index contributed by atoms with van der Waals surface area (Å²) < 4.78 is 0. The normalized spacial score (nSPS) is 11.8. The molecule has 0 aliphatic heterocycles. The van der Waals surface area contributed by atoms with E-state index in [1.54, 1.807) is 12.3 Å². The van der Waals surface area contributed by atoms with E-state index < -0.39 is 0 Å². The number of nitrogens with one attached hydrogen (secondary N) is 1. The van der Waals surface area contributed by atoms with Crippen molar-refractivity contribution in [3.63, 3.8) is 0 Å². The van der Waals surface area contributed by atoms with Gasteiger partial charge in [-0.1, -0.05) is 0 Å². The van der Waals surface area contributed by atoms with E-state index in [1.165, 1.54) is 0 Å². The van der Waals surface area contributed by atoms with Crippen molar-refractivity contribution >= 4 is 17.6 Å². The fraction of sp³-hybridized carbons (Fsp3) is 0.455. The molecule has 0 radical (unpaired) electrons. The molecule has 1 unspecified atom stereocenters. The lowest BCUT2D eigenvalue weighted by Gasteiger charge is -2.13. The van der Waals surface area contributed by atoms with Gasteiger partial charge in [0.05, 0.1) is 5.56 Å². The minimum Gasteiger partial charge on any atom is -0.368 e. The first kappa shape index (κ1) is 11.9. The lowest BCUT2D eigenvalue weighted by Crippen LogP contribution is -2.16. The van der Waals surface area contributed by atoms with Gasteiger partial charge in [0.2, 0.25) is 0 Å². The molecule has 1 rings (SSSR count). The molecule has 0 saturated heterocycles. The second kappa shape index (κ2) is 6.31. The summed E-state index contributed by atoms with van der Waals surface area (Å²) in [7, 11) is 0. The van der Waals surface area contributed by atoms with Crippen LogP contribution in [0.5, 0.6) is 0 Å². The molecular weight excluding hydrogens is 206 g/mol. The van der Waals surface area contributed by atoms with Gasteiger partial charge in [0, 0.05) is 12.2 Å². The van der Waals surface area contributed by atoms with Crippen LogP contribution in [0, 0.1) is 11.3 Å². The lowest BCUT2D eigenvalue weighted by atomic mass is 10.2. The van der Waals surface area contributed by atoms with E-state index in [0.717, 1.165) is 18.0 Å². The number of aromatic nitrogens is 1. The van der Waals surface area contributed by atoms with Crippen molar-refractivity contribution in [2.24, 2.45) is 0 Å². The molecule has 0 spiro atoms. The van der Waals surface area contributed by atoms with Gasteiger partial charge in [-0.05, 0) is 37.5 Å². The van der Waals surface area contributed by atoms with Gasteiger partial charge < -0.3 is 5.32 Å². The van der Waals surface area contributed by atoms with Gasteiger partial charge in [-0.2, -0.15) is 17.0 Å². The molecular formula is C11H15N3S. The Morgan fingerprint density at radius 3 is 2.93 bits per heavy atom. The number of hydrogen-bond donors (Lipinski definition) is 1. The van der Waals surface area contributed by atoms with E-state index in [4.69, 9.17) is 5.26 Å². The summed E-state index contributed by atoms with van der Waals surface area (Å²) in [6, 6.07) is 6.08. The van der Waals surface area contributed by atoms with Crippen molar-refractivity contribution in [3.8, 4) is 6.07 Å². The number of anilines is 1. The highest BCUT2D eigenvalue weighted by Crippen LogP contribution is 2.08. The van der Waals surface area contributed by atoms with Crippen LogP contribution in [0.3, 0.4) is 0 Å². The molecule has 0 bridgehead atoms. The fourth-order valence-electron chi connectivity index (χ4n) is 1.16. The van der Waals surface area contributed by atoms with E-state index in [-0.39, 0.29) is 0 Å². The molecule has 1 aromatic heterocycles. The molecule has 1 atom stereocenters. The molecule has 1 heterocycles. The standard InChI is InChI=1S/C11H15N3S/c1-9(5-6-15-2)14-11-4-3-10(7-12)8-13-11/h3-4,8-9H,5-6H2,1-2H3,(H,13,14). The molecule has 1 aromatic rings. The van der Waals surface area contributed by atoms with Gasteiger partial charge in [0.1, 0.15) is 11.9 Å². The largest absolute Gasteiger partial charge is 0.368 e. The number of pyridine rings is 1. The Morgan fingerprint density at radius 2 is 2.40 bits per heavy atom. The SMILES string of the molecule is CSCCC(C)Nc1ccc(C#N)cn1. The van der Waals surface area contributed by atoms with Crippen LogP contribution in [0.4, 0.5) is 5.82 Å². The monoisotopic (exact) mass is 221 g/mol. The highest BCUT2D eigenvalue weighted by molar-refractivity contribution is 7.98. The molecule has 0 fully saturated rings. The Morgan fingerprint density at radius 1 is 1.60 bits per heavy atom. The number of rotatable bonds is 5. The summed E-state index contributed by atoms with van der Waals surface area (Å²) in [4.78, 5) is 4.16. The third-order valence-corrected chi connectivity index (χ3v) is 2.69. The van der Waals surface area contributed by atoms with E-state index in [2.05, 4.69) is 23.5 Å². The Kier molecular flexibility index (Phi) is 4.99. The molecule has 0 saturated carbocycles. The van der Waals surface area contributed by atoms with Crippen LogP contribution in [0.2, 0.25) is 0 Å². The molecule has 15 heavy (non-hydrogen) atoms. The molecule has 0 aliphatic carbocycles. The van der Waals surface area contributed by atoms with Gasteiger partial charge in [-0.15, -0.1) is 0 Å². The maximum atomic E-state index is 8.61. The smallest absolute Gasteiger partial charge is 0.126 e. The highest BCUT2D eigenvalue weighted by atomic mass is 32.2. The van der Waals surface area contributed by atoms with Crippen molar-refractivity contribution < 1.29 is 0 Å². The van der Waals surface area contributed by atoms with Gasteiger partial charge in [-0.25, -0.2) is 4.98 Å². The van der Waals surface area contributed by atoms with Crippen LogP contribution < -0.4 is 5.32 Å². The molecule has 0 aliphatic rings. The van der Waals surface area contributed by atoms with Gasteiger partial charge in [0.15, 0.2) is 0 Å². The van der Waals surface area contributed by atoms with Crippen molar-refractivity contribution in [2.75, 3.05) is 17.3 Å². The Bertz CT molecular complexity index is 329. The Hall–Kier alpha value is -1.21. The number of nitrogens with zero attached hydrogens (tertiary/aromatic N) is 2. The first-order valence-electron chi connectivity index (χ1n) is 4.88. The predicted octanol–water partition coefficient (Wildman–Crippen LogP) is 2.51. The maximum Gasteiger partial charge on any atom is 0.126 e. The van der Waals surface area contributed by atoms with E-state index in [9.17, 15) is 0 Å². The Labute approximate surface area is 94.9 Å². The van der Waals surface area contributed by atoms with E-state index in [1.807, 2.05) is 23.9 Å². The summed E-state index contributed by atoms with van der Waals surface area (Å²) in [5, 5.41) is 11.9. The zero-order chi connectivity index (χ0) is 11.1. The molecule has 0 aromatic carbocycles. The van der Waals surface area contributed by atoms with Crippen LogP contribution in [0.1, 0.15) is 18.9 Å². The quantitative estimate of drug-likeness (QED) is 0.830. The molecule has 4 heteroatoms. The van der Waals surface area contributed by atoms with Crippen LogP contribution >= 0.6 is 11.8 Å². The average molecular weight is 221 g/mol. The summed E-state index contributed by atoms with van der Waals surface area (Å²) in [5.41, 5.74) is 0.595. The lowest BCUT2D eigenvalue weighted by molar-refractivity contribution is 0.767. The van der Waals surface area contributed by atoms with Crippen LogP contribution in [0.25, 0.3) is 0 Å². The van der Waals surface area contributed by atoms with E-state index >= 15 is 0 Å². The van der Waals surface area contributed by atoms with E-state index in [0.29, 0.717) is 11.6 Å². The zero-order valence-electron chi connectivity index (χ0n) is 9.03. The molecule has 1 N–H and O–H groups in total. The number of hydrogen-bond acceptors (Lipinski definition) is 4. The zero-order valence-corrected chi connectivity index (χ0v) is 9.84. The second-order valence-corrected chi connectivity index (χ2v) is 4.36. The molecule has 0 amide bonds. The van der Waals surface area contributed by atoms with Crippen LogP contribution in [0.15, 0.2) is 18.3 Å². The third kappa shape index (κ3) is 4.22. The van der Waals surface area contributed by atoms with Crippen LogP contribution in [-0.4, -0.2) is 23.0 Å². The average Bonchev–Trinajstić information content (AvgIpc) is 2.27. The first-order chi connectivity index (χ1) is 7.26. The van der Waals surface area contributed by atoms with Crippen molar-refractivity contribution in [1.82, 2.24) is 4.98 Å². The number of nitriles is 1. The van der Waals surface area contributed by atoms with Crippen molar-refractivity contribution in [1.29, 1.82) is 5.26 Å². The van der Waals surface area contributed by atoms with Crippen LogP contribution in [-0.2, 0) is 0 Å². The summed E-state index contributed by atoms with van der Waals surface area (Å²) in [5.74, 6) is 1.98. The summed E-state index contributed by atoms with van der Waals surface area (Å²) >= 11 is 1.84. The molecule has 3 nitrogen and oxygen atoms in total. The minimum absolute atomic E-state index is 0.415. The highest BCUT2D eigenvalue weighted by Gasteiger charge is 2.02. The van der Waals surface area contributed by atoms with Gasteiger partial charge >= 0.3 is 0 Å². The maximum absolute atomic E-state index is 8.61. The molecule has 80 valence electrons. The summed E-state index contributed by atoms with van der Waals surface area (Å²) in [6.45, 7) is 2.14. The van der Waals surface area contributed by atoms with Crippen molar-refractivity contribution in [3.05, 3.63) is 23.9 Å².